The van der Waals surface area contributed by atoms with E-state index in [1.807, 2.05) is 0 Å². The van der Waals surface area contributed by atoms with E-state index in [2.05, 4.69) is 0 Å². The summed E-state index contributed by atoms with van der Waals surface area (Å²) in [6.45, 7) is 3.25. The van der Waals surface area contributed by atoms with Gasteiger partial charge in [-0.05, 0) is 13.8 Å². The quantitative estimate of drug-likeness (QED) is 0.452. The lowest BCUT2D eigenvalue weighted by Crippen LogP contribution is -2.51. The van der Waals surface area contributed by atoms with Crippen molar-refractivity contribution in [2.24, 2.45) is 0 Å². The topological polar surface area (TPSA) is 58.9 Å². The first-order chi connectivity index (χ1) is 4.41. The van der Waals surface area contributed by atoms with Gasteiger partial charge in [-0.3, -0.25) is 0 Å². The molecule has 2 N–H and O–H groups in total. The van der Waals surface area contributed by atoms with Crippen LogP contribution in [-0.4, -0.2) is 35.0 Å². The van der Waals surface area contributed by atoms with E-state index >= 15 is 0 Å². The van der Waals surface area contributed by atoms with Gasteiger partial charge in [0.15, 0.2) is 5.79 Å². The summed E-state index contributed by atoms with van der Waals surface area (Å²) >= 11 is 0. The lowest BCUT2D eigenvalue weighted by molar-refractivity contribution is -0.353. The van der Waals surface area contributed by atoms with Crippen LogP contribution < -0.4 is 0 Å². The van der Waals surface area contributed by atoms with Crippen LogP contribution in [0.1, 0.15) is 13.8 Å². The summed E-state index contributed by atoms with van der Waals surface area (Å²) in [5, 5.41) is 17.8. The molecular weight excluding hydrogens is 136 g/mol. The fraction of sp³-hybridized carbons (Fsp3) is 1.00. The minimum Gasteiger partial charge on any atom is -0.362 e. The van der Waals surface area contributed by atoms with Crippen molar-refractivity contribution < 1.29 is 19.7 Å². The standard InChI is InChI=1S/C6H12O4/c1-5(2)9-3-6(7,8)4-10-5/h7-8H,3-4H2,1-2H3. The van der Waals surface area contributed by atoms with Crippen LogP contribution in [0.15, 0.2) is 0 Å². The molecule has 1 rings (SSSR count). The molecule has 4 heteroatoms. The van der Waals surface area contributed by atoms with Crippen LogP contribution in [-0.2, 0) is 9.47 Å². The Bertz CT molecular complexity index is 102. The first kappa shape index (κ1) is 7.94. The molecule has 0 aliphatic carbocycles. The zero-order chi connectivity index (χ0) is 7.83. The van der Waals surface area contributed by atoms with Gasteiger partial charge in [-0.2, -0.15) is 0 Å². The van der Waals surface area contributed by atoms with Crippen LogP contribution in [0, 0.1) is 0 Å². The molecule has 0 amide bonds. The predicted molar refractivity (Wildman–Crippen MR) is 33.2 cm³/mol. The van der Waals surface area contributed by atoms with E-state index < -0.39 is 11.6 Å². The second-order valence-electron chi connectivity index (χ2n) is 2.96. The third-order valence-corrected chi connectivity index (χ3v) is 1.30. The molecule has 10 heavy (non-hydrogen) atoms. The van der Waals surface area contributed by atoms with Crippen LogP contribution in [0.25, 0.3) is 0 Å². The molecule has 0 bridgehead atoms. The van der Waals surface area contributed by atoms with Crippen LogP contribution in [0.4, 0.5) is 0 Å². The zero-order valence-electron chi connectivity index (χ0n) is 6.13. The largest absolute Gasteiger partial charge is 0.362 e. The molecule has 4 nitrogen and oxygen atoms in total. The second-order valence-corrected chi connectivity index (χ2v) is 2.96. The average molecular weight is 148 g/mol. The molecule has 1 heterocycles. The lowest BCUT2D eigenvalue weighted by atomic mass is 10.2. The van der Waals surface area contributed by atoms with Gasteiger partial charge < -0.3 is 19.7 Å². The van der Waals surface area contributed by atoms with E-state index in [4.69, 9.17) is 19.7 Å². The maximum Gasteiger partial charge on any atom is 0.211 e. The Morgan fingerprint density at radius 2 is 1.50 bits per heavy atom. The Kier molecular flexibility index (Phi) is 1.72. The van der Waals surface area contributed by atoms with Crippen molar-refractivity contribution in [1.29, 1.82) is 0 Å². The van der Waals surface area contributed by atoms with Gasteiger partial charge in [0.2, 0.25) is 5.79 Å². The molecule has 0 atom stereocenters. The van der Waals surface area contributed by atoms with Gasteiger partial charge in [0, 0.05) is 0 Å². The summed E-state index contributed by atoms with van der Waals surface area (Å²) < 4.78 is 9.92. The summed E-state index contributed by atoms with van der Waals surface area (Å²) in [6, 6.07) is 0. The summed E-state index contributed by atoms with van der Waals surface area (Å²) in [6.07, 6.45) is 0. The number of ether oxygens (including phenoxy) is 2. The summed E-state index contributed by atoms with van der Waals surface area (Å²) in [5.74, 6) is -2.50. The SMILES string of the molecule is CC1(C)OCC(O)(O)CO1. The molecule has 60 valence electrons. The Morgan fingerprint density at radius 3 is 1.80 bits per heavy atom. The number of rotatable bonds is 0. The molecule has 0 unspecified atom stereocenters. The zero-order valence-corrected chi connectivity index (χ0v) is 6.13. The molecule has 0 aromatic rings. The molecule has 1 aliphatic heterocycles. The summed E-state index contributed by atoms with van der Waals surface area (Å²) in [5.41, 5.74) is 0. The molecular formula is C6H12O4. The first-order valence-electron chi connectivity index (χ1n) is 3.14. The van der Waals surface area contributed by atoms with E-state index in [1.54, 1.807) is 13.8 Å². The van der Waals surface area contributed by atoms with Crippen molar-refractivity contribution in [3.05, 3.63) is 0 Å². The molecule has 0 aromatic carbocycles. The fourth-order valence-corrected chi connectivity index (χ4v) is 0.662. The van der Waals surface area contributed by atoms with Gasteiger partial charge in [0.05, 0.1) is 0 Å². The van der Waals surface area contributed by atoms with Gasteiger partial charge in [0.25, 0.3) is 0 Å². The Morgan fingerprint density at radius 1 is 1.10 bits per heavy atom. The van der Waals surface area contributed by atoms with Crippen LogP contribution in [0.3, 0.4) is 0 Å². The smallest absolute Gasteiger partial charge is 0.211 e. The van der Waals surface area contributed by atoms with Gasteiger partial charge in [0.1, 0.15) is 13.2 Å². The van der Waals surface area contributed by atoms with Crippen molar-refractivity contribution >= 4 is 0 Å². The average Bonchev–Trinajstić information content (AvgIpc) is 1.79. The van der Waals surface area contributed by atoms with E-state index in [-0.39, 0.29) is 13.2 Å². The Labute approximate surface area is 59.4 Å². The highest BCUT2D eigenvalue weighted by atomic mass is 16.7. The van der Waals surface area contributed by atoms with Crippen molar-refractivity contribution in [2.75, 3.05) is 13.2 Å². The molecule has 0 saturated carbocycles. The third kappa shape index (κ3) is 1.91. The fourth-order valence-electron chi connectivity index (χ4n) is 0.662. The van der Waals surface area contributed by atoms with Crippen LogP contribution in [0.2, 0.25) is 0 Å². The van der Waals surface area contributed by atoms with E-state index in [1.165, 1.54) is 0 Å². The predicted octanol–water partition coefficient (Wildman–Crippen LogP) is -0.550. The minimum absolute atomic E-state index is 0.0972. The highest BCUT2D eigenvalue weighted by Crippen LogP contribution is 2.20. The molecule has 0 aromatic heterocycles. The van der Waals surface area contributed by atoms with Crippen molar-refractivity contribution in [2.45, 2.75) is 25.4 Å². The molecule has 0 spiro atoms. The molecule has 0 radical (unpaired) electrons. The van der Waals surface area contributed by atoms with E-state index in [0.29, 0.717) is 0 Å². The van der Waals surface area contributed by atoms with Crippen molar-refractivity contribution in [3.63, 3.8) is 0 Å². The summed E-state index contributed by atoms with van der Waals surface area (Å²) in [7, 11) is 0. The number of hydrogen-bond acceptors (Lipinski definition) is 4. The third-order valence-electron chi connectivity index (χ3n) is 1.30. The first-order valence-corrected chi connectivity index (χ1v) is 3.14. The van der Waals surface area contributed by atoms with Gasteiger partial charge >= 0.3 is 0 Å². The Balaban J connectivity index is 2.46. The van der Waals surface area contributed by atoms with Crippen molar-refractivity contribution in [3.8, 4) is 0 Å². The minimum atomic E-state index is -1.81. The normalized spacial score (nSPS) is 30.0. The van der Waals surface area contributed by atoms with Gasteiger partial charge in [-0.15, -0.1) is 0 Å². The molecule has 1 fully saturated rings. The highest BCUT2D eigenvalue weighted by Gasteiger charge is 2.36. The monoisotopic (exact) mass is 148 g/mol. The summed E-state index contributed by atoms with van der Waals surface area (Å²) in [4.78, 5) is 0. The molecule has 1 saturated heterocycles. The number of hydrogen-bond donors (Lipinski definition) is 2. The van der Waals surface area contributed by atoms with Crippen molar-refractivity contribution in [1.82, 2.24) is 0 Å². The maximum absolute atomic E-state index is 8.91. The molecule has 1 aliphatic rings. The van der Waals surface area contributed by atoms with E-state index in [0.717, 1.165) is 0 Å². The van der Waals surface area contributed by atoms with Crippen LogP contribution in [0.5, 0.6) is 0 Å². The second kappa shape index (κ2) is 2.17. The van der Waals surface area contributed by atoms with Gasteiger partial charge in [-0.25, -0.2) is 0 Å². The lowest BCUT2D eigenvalue weighted by Gasteiger charge is -2.36. The number of aliphatic hydroxyl groups is 2. The van der Waals surface area contributed by atoms with Crippen LogP contribution >= 0.6 is 0 Å². The Hall–Kier alpha value is -0.160. The maximum atomic E-state index is 8.91. The van der Waals surface area contributed by atoms with Gasteiger partial charge in [-0.1, -0.05) is 0 Å². The van der Waals surface area contributed by atoms with E-state index in [9.17, 15) is 0 Å². The highest BCUT2D eigenvalue weighted by molar-refractivity contribution is 4.71.